The quantitative estimate of drug-likeness (QED) is 0.706. The van der Waals surface area contributed by atoms with Crippen molar-refractivity contribution in [2.45, 2.75) is 0 Å². The van der Waals surface area contributed by atoms with Crippen molar-refractivity contribution < 1.29 is 4.52 Å². The number of fused-ring (bicyclic) bond motifs is 1. The molecule has 16 heavy (non-hydrogen) atoms. The zero-order chi connectivity index (χ0) is 10.8. The second-order valence-corrected chi connectivity index (χ2v) is 3.26. The monoisotopic (exact) mass is 212 g/mol. The molecule has 0 radical (unpaired) electrons. The van der Waals surface area contributed by atoms with Gasteiger partial charge in [-0.15, -0.1) is 0 Å². The number of nitrogens with one attached hydrogen (secondary N) is 1. The van der Waals surface area contributed by atoms with Crippen LogP contribution in [-0.2, 0) is 0 Å². The van der Waals surface area contributed by atoms with Gasteiger partial charge in [0.15, 0.2) is 5.82 Å². The van der Waals surface area contributed by atoms with Crippen molar-refractivity contribution in [1.29, 1.82) is 0 Å². The molecular weight excluding hydrogens is 204 g/mol. The molecule has 2 aromatic heterocycles. The number of rotatable bonds is 2. The third-order valence-corrected chi connectivity index (χ3v) is 2.18. The molecule has 0 aliphatic carbocycles. The van der Waals surface area contributed by atoms with Gasteiger partial charge in [0.1, 0.15) is 5.82 Å². The van der Waals surface area contributed by atoms with E-state index in [1.165, 1.54) is 6.39 Å². The summed E-state index contributed by atoms with van der Waals surface area (Å²) in [5.74, 6) is 1.30. The number of aromatic nitrogens is 4. The van der Waals surface area contributed by atoms with Gasteiger partial charge in [-0.3, -0.25) is 0 Å². The Morgan fingerprint density at radius 2 is 2.12 bits per heavy atom. The van der Waals surface area contributed by atoms with Crippen LogP contribution in [0.5, 0.6) is 0 Å². The van der Waals surface area contributed by atoms with E-state index in [1.807, 2.05) is 30.3 Å². The van der Waals surface area contributed by atoms with E-state index in [4.69, 9.17) is 0 Å². The van der Waals surface area contributed by atoms with E-state index in [0.29, 0.717) is 5.82 Å². The first-order valence-electron chi connectivity index (χ1n) is 4.81. The maximum atomic E-state index is 4.62. The van der Waals surface area contributed by atoms with Gasteiger partial charge >= 0.3 is 0 Å². The Hall–Kier alpha value is -2.43. The Labute approximate surface area is 90.8 Å². The molecule has 0 fully saturated rings. The van der Waals surface area contributed by atoms with Crippen molar-refractivity contribution in [2.75, 3.05) is 0 Å². The number of aromatic amines is 1. The van der Waals surface area contributed by atoms with E-state index in [0.717, 1.165) is 16.9 Å². The highest BCUT2D eigenvalue weighted by atomic mass is 16.5. The van der Waals surface area contributed by atoms with E-state index in [1.54, 1.807) is 6.08 Å². The van der Waals surface area contributed by atoms with Crippen LogP contribution in [0.1, 0.15) is 11.6 Å². The Morgan fingerprint density at radius 1 is 1.19 bits per heavy atom. The van der Waals surface area contributed by atoms with E-state index < -0.39 is 0 Å². The molecule has 1 N–H and O–H groups in total. The minimum absolute atomic E-state index is 0.528. The highest BCUT2D eigenvalue weighted by Gasteiger charge is 1.98. The Morgan fingerprint density at radius 3 is 2.94 bits per heavy atom. The van der Waals surface area contributed by atoms with E-state index in [-0.39, 0.29) is 0 Å². The van der Waals surface area contributed by atoms with E-state index in [9.17, 15) is 0 Å². The van der Waals surface area contributed by atoms with Gasteiger partial charge in [-0.1, -0.05) is 17.3 Å². The average Bonchev–Trinajstić information content (AvgIpc) is 2.95. The van der Waals surface area contributed by atoms with Gasteiger partial charge in [-0.05, 0) is 24.3 Å². The zero-order valence-corrected chi connectivity index (χ0v) is 8.29. The lowest BCUT2D eigenvalue weighted by Crippen LogP contribution is -1.76. The SMILES string of the molecule is C(=C\c1nc2ccccc2[nH]1)/c1ncon1. The summed E-state index contributed by atoms with van der Waals surface area (Å²) in [6.45, 7) is 0. The van der Waals surface area contributed by atoms with Crippen LogP contribution < -0.4 is 0 Å². The van der Waals surface area contributed by atoms with Gasteiger partial charge in [0.05, 0.1) is 11.0 Å². The maximum absolute atomic E-state index is 4.62. The van der Waals surface area contributed by atoms with Crippen molar-refractivity contribution in [1.82, 2.24) is 20.1 Å². The first-order chi connectivity index (χ1) is 7.92. The minimum atomic E-state index is 0.528. The molecule has 78 valence electrons. The molecule has 0 unspecified atom stereocenters. The number of para-hydroxylation sites is 2. The highest BCUT2D eigenvalue weighted by molar-refractivity contribution is 5.78. The van der Waals surface area contributed by atoms with Gasteiger partial charge < -0.3 is 9.51 Å². The smallest absolute Gasteiger partial charge is 0.214 e. The highest BCUT2D eigenvalue weighted by Crippen LogP contribution is 2.11. The molecule has 5 nitrogen and oxygen atoms in total. The van der Waals surface area contributed by atoms with Crippen LogP contribution in [0.4, 0.5) is 0 Å². The van der Waals surface area contributed by atoms with E-state index >= 15 is 0 Å². The zero-order valence-electron chi connectivity index (χ0n) is 8.29. The number of H-pyrrole nitrogens is 1. The summed E-state index contributed by atoms with van der Waals surface area (Å²) in [6.07, 6.45) is 4.84. The second-order valence-electron chi connectivity index (χ2n) is 3.26. The second kappa shape index (κ2) is 3.62. The molecule has 3 aromatic rings. The molecule has 0 spiro atoms. The van der Waals surface area contributed by atoms with Crippen LogP contribution in [0.2, 0.25) is 0 Å². The topological polar surface area (TPSA) is 67.6 Å². The fourth-order valence-corrected chi connectivity index (χ4v) is 1.46. The van der Waals surface area contributed by atoms with E-state index in [2.05, 4.69) is 24.6 Å². The number of imidazole rings is 1. The molecule has 5 heteroatoms. The summed E-state index contributed by atoms with van der Waals surface area (Å²) in [4.78, 5) is 11.4. The molecular formula is C11H8N4O. The Kier molecular flexibility index (Phi) is 2.00. The number of hydrogen-bond acceptors (Lipinski definition) is 4. The molecule has 0 saturated heterocycles. The number of hydrogen-bond donors (Lipinski definition) is 1. The summed E-state index contributed by atoms with van der Waals surface area (Å²) in [5, 5.41) is 3.67. The van der Waals surface area contributed by atoms with Crippen LogP contribution in [0.3, 0.4) is 0 Å². The lowest BCUT2D eigenvalue weighted by molar-refractivity contribution is 0.415. The fraction of sp³-hybridized carbons (Fsp3) is 0. The predicted octanol–water partition coefficient (Wildman–Crippen LogP) is 2.12. The van der Waals surface area contributed by atoms with Gasteiger partial charge in [0.2, 0.25) is 6.39 Å². The van der Waals surface area contributed by atoms with Gasteiger partial charge in [-0.25, -0.2) is 4.98 Å². The van der Waals surface area contributed by atoms with Crippen LogP contribution in [0, 0.1) is 0 Å². The molecule has 0 amide bonds. The van der Waals surface area contributed by atoms with Gasteiger partial charge in [0, 0.05) is 0 Å². The summed E-state index contributed by atoms with van der Waals surface area (Å²) in [6, 6.07) is 7.86. The van der Waals surface area contributed by atoms with Gasteiger partial charge in [-0.2, -0.15) is 4.98 Å². The molecule has 0 atom stereocenters. The predicted molar refractivity (Wildman–Crippen MR) is 59.3 cm³/mol. The standard InChI is InChI=1S/C11H8N4O/c1-2-4-9-8(3-1)13-11(14-9)6-5-10-12-7-16-15-10/h1-7H,(H,13,14)/b6-5+. The molecule has 1 aromatic carbocycles. The van der Waals surface area contributed by atoms with Crippen molar-refractivity contribution in [3.05, 3.63) is 42.3 Å². The Balaban J connectivity index is 1.95. The first-order valence-corrected chi connectivity index (χ1v) is 4.81. The molecule has 0 saturated carbocycles. The minimum Gasteiger partial charge on any atom is -0.342 e. The summed E-state index contributed by atoms with van der Waals surface area (Å²) < 4.78 is 4.62. The van der Waals surface area contributed by atoms with Crippen molar-refractivity contribution in [3.8, 4) is 0 Å². The molecule has 0 aliphatic rings. The number of benzene rings is 1. The van der Waals surface area contributed by atoms with Gasteiger partial charge in [0.25, 0.3) is 0 Å². The summed E-state index contributed by atoms with van der Waals surface area (Å²) in [5.41, 5.74) is 1.95. The van der Waals surface area contributed by atoms with Crippen molar-refractivity contribution in [3.63, 3.8) is 0 Å². The molecule has 0 aliphatic heterocycles. The average molecular weight is 212 g/mol. The van der Waals surface area contributed by atoms with Crippen LogP contribution in [0.15, 0.2) is 35.2 Å². The maximum Gasteiger partial charge on any atom is 0.214 e. The lowest BCUT2D eigenvalue weighted by Gasteiger charge is -1.81. The molecule has 3 rings (SSSR count). The Bertz CT molecular complexity index is 591. The van der Waals surface area contributed by atoms with Crippen molar-refractivity contribution >= 4 is 23.2 Å². The number of nitrogens with zero attached hydrogens (tertiary/aromatic N) is 3. The van der Waals surface area contributed by atoms with Crippen molar-refractivity contribution in [2.24, 2.45) is 0 Å². The third kappa shape index (κ3) is 1.58. The lowest BCUT2D eigenvalue weighted by atomic mass is 10.3. The third-order valence-electron chi connectivity index (χ3n) is 2.18. The fourth-order valence-electron chi connectivity index (χ4n) is 1.46. The normalized spacial score (nSPS) is 11.5. The largest absolute Gasteiger partial charge is 0.342 e. The summed E-state index contributed by atoms with van der Waals surface area (Å²) in [7, 11) is 0. The first kappa shape index (κ1) is 8.84. The molecule has 2 heterocycles. The van der Waals surface area contributed by atoms with Crippen LogP contribution >= 0.6 is 0 Å². The molecule has 0 bridgehead atoms. The van der Waals surface area contributed by atoms with Crippen LogP contribution in [0.25, 0.3) is 23.2 Å². The summed E-state index contributed by atoms with van der Waals surface area (Å²) >= 11 is 0. The van der Waals surface area contributed by atoms with Crippen LogP contribution in [-0.4, -0.2) is 20.1 Å².